The van der Waals surface area contributed by atoms with Gasteiger partial charge in [-0.1, -0.05) is 0 Å². The number of aromatic nitrogens is 2. The van der Waals surface area contributed by atoms with Crippen LogP contribution in [0.1, 0.15) is 21.7 Å². The molecule has 0 saturated carbocycles. The van der Waals surface area contributed by atoms with Gasteiger partial charge in [0.1, 0.15) is 5.69 Å². The van der Waals surface area contributed by atoms with Crippen LogP contribution < -0.4 is 5.32 Å². The molecule has 0 radical (unpaired) electrons. The van der Waals surface area contributed by atoms with Gasteiger partial charge < -0.3 is 5.32 Å². The molecule has 0 aromatic carbocycles. The third kappa shape index (κ3) is 3.11. The Hall–Kier alpha value is -2.44. The Labute approximate surface area is 112 Å². The van der Waals surface area contributed by atoms with E-state index in [4.69, 9.17) is 0 Å². The number of alkyl halides is 3. The minimum absolute atomic E-state index is 0.0428. The minimum Gasteiger partial charge on any atom is -0.320 e. The van der Waals surface area contributed by atoms with Crippen LogP contribution in [0.2, 0.25) is 0 Å². The number of hydrogen-bond donors (Lipinski definition) is 1. The number of anilines is 1. The maximum Gasteiger partial charge on any atom is 0.433 e. The number of rotatable bonds is 2. The number of pyridine rings is 2. The van der Waals surface area contributed by atoms with Crippen LogP contribution in [0, 0.1) is 6.92 Å². The van der Waals surface area contributed by atoms with Gasteiger partial charge in [-0.15, -0.1) is 0 Å². The predicted molar refractivity (Wildman–Crippen MR) is 66.2 cm³/mol. The van der Waals surface area contributed by atoms with Crippen molar-refractivity contribution in [3.05, 3.63) is 53.6 Å². The zero-order chi connectivity index (χ0) is 14.8. The summed E-state index contributed by atoms with van der Waals surface area (Å²) in [5.74, 6) is -0.540. The van der Waals surface area contributed by atoms with E-state index in [1.165, 1.54) is 0 Å². The molecule has 2 aromatic heterocycles. The van der Waals surface area contributed by atoms with Gasteiger partial charge in [-0.3, -0.25) is 14.8 Å². The van der Waals surface area contributed by atoms with E-state index in [1.807, 2.05) is 0 Å². The van der Waals surface area contributed by atoms with Gasteiger partial charge in [-0.05, 0) is 31.2 Å². The lowest BCUT2D eigenvalue weighted by Gasteiger charge is -2.08. The lowest BCUT2D eigenvalue weighted by atomic mass is 10.2. The van der Waals surface area contributed by atoms with Crippen LogP contribution in [-0.4, -0.2) is 15.9 Å². The number of nitrogens with zero attached hydrogens (tertiary/aromatic N) is 2. The van der Waals surface area contributed by atoms with Crippen molar-refractivity contribution in [1.29, 1.82) is 0 Å². The highest BCUT2D eigenvalue weighted by molar-refractivity contribution is 6.04. The molecule has 0 spiro atoms. The van der Waals surface area contributed by atoms with Crippen LogP contribution >= 0.6 is 0 Å². The van der Waals surface area contributed by atoms with Gasteiger partial charge >= 0.3 is 6.18 Å². The molecule has 104 valence electrons. The summed E-state index contributed by atoms with van der Waals surface area (Å²) >= 11 is 0. The Morgan fingerprint density at radius 2 is 1.95 bits per heavy atom. The summed E-state index contributed by atoms with van der Waals surface area (Å²) in [7, 11) is 0. The fraction of sp³-hybridized carbons (Fsp3) is 0.154. The van der Waals surface area contributed by atoms with E-state index in [9.17, 15) is 18.0 Å². The molecule has 0 aliphatic heterocycles. The maximum atomic E-state index is 12.3. The molecular weight excluding hydrogens is 271 g/mol. The van der Waals surface area contributed by atoms with Crippen molar-refractivity contribution >= 4 is 11.6 Å². The number of amides is 1. The molecule has 7 heteroatoms. The second kappa shape index (κ2) is 5.28. The molecule has 2 heterocycles. The lowest BCUT2D eigenvalue weighted by Crippen LogP contribution is -2.15. The number of carbonyl (C=O) groups excluding carboxylic acids is 1. The summed E-state index contributed by atoms with van der Waals surface area (Å²) in [6.07, 6.45) is -2.05. The summed E-state index contributed by atoms with van der Waals surface area (Å²) < 4.78 is 37.0. The first-order valence-electron chi connectivity index (χ1n) is 5.64. The Morgan fingerprint density at radius 1 is 1.20 bits per heavy atom. The summed E-state index contributed by atoms with van der Waals surface area (Å²) in [5.41, 5.74) is 0.117. The van der Waals surface area contributed by atoms with E-state index in [1.54, 1.807) is 25.3 Å². The van der Waals surface area contributed by atoms with Gasteiger partial charge in [0.25, 0.3) is 5.91 Å². The van der Waals surface area contributed by atoms with Crippen LogP contribution in [0.5, 0.6) is 0 Å². The summed E-state index contributed by atoms with van der Waals surface area (Å²) in [6.45, 7) is 1.71. The van der Waals surface area contributed by atoms with Crippen molar-refractivity contribution in [2.24, 2.45) is 0 Å². The van der Waals surface area contributed by atoms with Crippen molar-refractivity contribution in [3.63, 3.8) is 0 Å². The molecule has 0 aliphatic rings. The number of hydrogen-bond acceptors (Lipinski definition) is 3. The number of carbonyl (C=O) groups is 1. The van der Waals surface area contributed by atoms with E-state index in [0.717, 1.165) is 18.3 Å². The molecule has 0 saturated heterocycles. The highest BCUT2D eigenvalue weighted by Crippen LogP contribution is 2.27. The number of nitrogens with one attached hydrogen (secondary N) is 1. The Kier molecular flexibility index (Phi) is 3.69. The third-order valence-electron chi connectivity index (χ3n) is 2.57. The second-order valence-electron chi connectivity index (χ2n) is 4.02. The summed E-state index contributed by atoms with van der Waals surface area (Å²) in [5, 5.41) is 2.56. The molecule has 1 amide bonds. The smallest absolute Gasteiger partial charge is 0.320 e. The zero-order valence-corrected chi connectivity index (χ0v) is 10.4. The van der Waals surface area contributed by atoms with Gasteiger partial charge in [0.2, 0.25) is 0 Å². The highest BCUT2D eigenvalue weighted by atomic mass is 19.4. The fourth-order valence-corrected chi connectivity index (χ4v) is 1.51. The van der Waals surface area contributed by atoms with Gasteiger partial charge in [0, 0.05) is 12.4 Å². The van der Waals surface area contributed by atoms with Crippen LogP contribution in [0.25, 0.3) is 0 Å². The van der Waals surface area contributed by atoms with Gasteiger partial charge in [-0.25, -0.2) is 0 Å². The SMILES string of the molecule is Cc1ncccc1NC(=O)c1ccc(C(F)(F)F)nc1. The van der Waals surface area contributed by atoms with Crippen LogP contribution in [0.3, 0.4) is 0 Å². The Balaban J connectivity index is 2.16. The first kappa shape index (κ1) is 14.0. The molecule has 1 N–H and O–H groups in total. The molecule has 0 atom stereocenters. The van der Waals surface area contributed by atoms with E-state index in [2.05, 4.69) is 15.3 Å². The monoisotopic (exact) mass is 281 g/mol. The van der Waals surface area contributed by atoms with Crippen molar-refractivity contribution < 1.29 is 18.0 Å². The van der Waals surface area contributed by atoms with Crippen molar-refractivity contribution in [2.75, 3.05) is 5.32 Å². The van der Waals surface area contributed by atoms with E-state index in [0.29, 0.717) is 11.4 Å². The van der Waals surface area contributed by atoms with Crippen molar-refractivity contribution in [2.45, 2.75) is 13.1 Å². The van der Waals surface area contributed by atoms with Crippen molar-refractivity contribution in [1.82, 2.24) is 9.97 Å². The second-order valence-corrected chi connectivity index (χ2v) is 4.02. The molecular formula is C13H10F3N3O. The first-order chi connectivity index (χ1) is 9.38. The Bertz CT molecular complexity index is 624. The molecule has 0 fully saturated rings. The minimum atomic E-state index is -4.52. The van der Waals surface area contributed by atoms with E-state index >= 15 is 0 Å². The predicted octanol–water partition coefficient (Wildman–Crippen LogP) is 3.06. The zero-order valence-electron chi connectivity index (χ0n) is 10.4. The maximum absolute atomic E-state index is 12.3. The van der Waals surface area contributed by atoms with Crippen LogP contribution in [0.15, 0.2) is 36.7 Å². The molecule has 2 rings (SSSR count). The molecule has 0 aliphatic carbocycles. The average Bonchev–Trinajstić information content (AvgIpc) is 2.40. The first-order valence-corrected chi connectivity index (χ1v) is 5.64. The van der Waals surface area contributed by atoms with Crippen molar-refractivity contribution in [3.8, 4) is 0 Å². The quantitative estimate of drug-likeness (QED) is 0.920. The number of halogens is 3. The average molecular weight is 281 g/mol. The summed E-state index contributed by atoms with van der Waals surface area (Å²) in [4.78, 5) is 19.1. The molecule has 0 bridgehead atoms. The van der Waals surface area contributed by atoms with Gasteiger partial charge in [0.05, 0.1) is 16.9 Å². The Morgan fingerprint density at radius 3 is 2.50 bits per heavy atom. The van der Waals surface area contributed by atoms with E-state index < -0.39 is 17.8 Å². The number of aryl methyl sites for hydroxylation is 1. The van der Waals surface area contributed by atoms with Crippen LogP contribution in [0.4, 0.5) is 18.9 Å². The summed E-state index contributed by atoms with van der Waals surface area (Å²) in [6, 6.07) is 5.15. The normalized spacial score (nSPS) is 11.2. The molecule has 2 aromatic rings. The third-order valence-corrected chi connectivity index (χ3v) is 2.57. The largest absolute Gasteiger partial charge is 0.433 e. The van der Waals surface area contributed by atoms with Gasteiger partial charge in [0.15, 0.2) is 0 Å². The van der Waals surface area contributed by atoms with E-state index in [-0.39, 0.29) is 5.56 Å². The topological polar surface area (TPSA) is 54.9 Å². The molecule has 0 unspecified atom stereocenters. The highest BCUT2D eigenvalue weighted by Gasteiger charge is 2.32. The van der Waals surface area contributed by atoms with Crippen LogP contribution in [-0.2, 0) is 6.18 Å². The fourth-order valence-electron chi connectivity index (χ4n) is 1.51. The molecule has 4 nitrogen and oxygen atoms in total. The molecule has 20 heavy (non-hydrogen) atoms. The standard InChI is InChI=1S/C13H10F3N3O/c1-8-10(3-2-6-17-8)19-12(20)9-4-5-11(18-7-9)13(14,15)16/h2-7H,1H3,(H,19,20). The lowest BCUT2D eigenvalue weighted by molar-refractivity contribution is -0.141. The van der Waals surface area contributed by atoms with Gasteiger partial charge in [-0.2, -0.15) is 13.2 Å².